The normalized spacial score (nSPS) is 10.0. The number of pyridine rings is 1. The van der Waals surface area contributed by atoms with Crippen molar-refractivity contribution in [2.75, 3.05) is 0 Å². The van der Waals surface area contributed by atoms with Gasteiger partial charge < -0.3 is 0 Å². The van der Waals surface area contributed by atoms with E-state index in [-0.39, 0.29) is 0 Å². The molecule has 2 rings (SSSR count). The van der Waals surface area contributed by atoms with Gasteiger partial charge in [-0.15, -0.1) is 0 Å². The zero-order valence-corrected chi connectivity index (χ0v) is 8.83. The van der Waals surface area contributed by atoms with Crippen molar-refractivity contribution in [1.29, 1.82) is 0 Å². The van der Waals surface area contributed by atoms with Gasteiger partial charge in [-0.1, -0.05) is 0 Å². The van der Waals surface area contributed by atoms with Crippen molar-refractivity contribution in [3.63, 3.8) is 0 Å². The van der Waals surface area contributed by atoms with Gasteiger partial charge in [-0.05, 0) is 0 Å². The number of rotatable bonds is 2. The Morgan fingerprint density at radius 3 is 2.92 bits per heavy atom. The topological polar surface area (TPSA) is 12.9 Å². The third kappa shape index (κ3) is 1.94. The van der Waals surface area contributed by atoms with Gasteiger partial charge in [0, 0.05) is 0 Å². The van der Waals surface area contributed by atoms with Crippen molar-refractivity contribution < 1.29 is 0 Å². The van der Waals surface area contributed by atoms with E-state index in [1.807, 2.05) is 29.8 Å². The van der Waals surface area contributed by atoms with Crippen LogP contribution < -0.4 is 8.24 Å². The molecule has 0 radical (unpaired) electrons. The van der Waals surface area contributed by atoms with E-state index in [1.54, 1.807) is 0 Å². The summed E-state index contributed by atoms with van der Waals surface area (Å²) in [6.07, 6.45) is 3.76. The van der Waals surface area contributed by atoms with Crippen LogP contribution in [-0.4, -0.2) is 19.9 Å². The fraction of sp³-hybridized carbons (Fsp3) is 0. The summed E-state index contributed by atoms with van der Waals surface area (Å²) in [6.45, 7) is 0. The summed E-state index contributed by atoms with van der Waals surface area (Å²) in [5.41, 5.74) is 0. The standard InChI is InChI=1S/C9H7NSSe/c1-3-8(7-10-5-1)12-9-4-2-6-11-9/h1-7H. The van der Waals surface area contributed by atoms with Crippen molar-refractivity contribution >= 4 is 34.5 Å². The molecule has 0 aliphatic heterocycles. The minimum absolute atomic E-state index is 0.447. The van der Waals surface area contributed by atoms with Gasteiger partial charge >= 0.3 is 81.6 Å². The Kier molecular flexibility index (Phi) is 2.57. The van der Waals surface area contributed by atoms with Gasteiger partial charge in [0.25, 0.3) is 0 Å². The Morgan fingerprint density at radius 2 is 2.25 bits per heavy atom. The van der Waals surface area contributed by atoms with Crippen LogP contribution in [0, 0.1) is 0 Å². The van der Waals surface area contributed by atoms with Crippen LogP contribution in [0.15, 0.2) is 42.0 Å². The molecule has 2 aromatic heterocycles. The molecule has 0 saturated carbocycles. The predicted molar refractivity (Wildman–Crippen MR) is 53.6 cm³/mol. The molecular weight excluding hydrogens is 233 g/mol. The number of aromatic nitrogens is 1. The van der Waals surface area contributed by atoms with Crippen LogP contribution in [0.1, 0.15) is 0 Å². The molecular formula is C9H7NSSe. The second kappa shape index (κ2) is 3.85. The van der Waals surface area contributed by atoms with E-state index in [2.05, 4.69) is 28.6 Å². The SMILES string of the molecule is c1cncc([Se]c2cccs2)c1. The predicted octanol–water partition coefficient (Wildman–Crippen LogP) is 0.798. The van der Waals surface area contributed by atoms with E-state index in [1.165, 1.54) is 8.24 Å². The van der Waals surface area contributed by atoms with Crippen LogP contribution in [0.3, 0.4) is 0 Å². The zero-order valence-electron chi connectivity index (χ0n) is 6.31. The third-order valence-electron chi connectivity index (χ3n) is 1.35. The Bertz CT molecular complexity index is 331. The summed E-state index contributed by atoms with van der Waals surface area (Å²) in [5, 5.41) is 2.12. The van der Waals surface area contributed by atoms with Crippen molar-refractivity contribution in [1.82, 2.24) is 4.98 Å². The second-order valence-electron chi connectivity index (χ2n) is 2.22. The van der Waals surface area contributed by atoms with Crippen LogP contribution >= 0.6 is 11.3 Å². The quantitative estimate of drug-likeness (QED) is 0.707. The van der Waals surface area contributed by atoms with Crippen LogP contribution in [0.4, 0.5) is 0 Å². The first-order valence-electron chi connectivity index (χ1n) is 3.56. The Labute approximate surface area is 81.6 Å². The minimum atomic E-state index is 0.447. The molecule has 60 valence electrons. The number of thiophene rings is 1. The Hall–Kier alpha value is -0.631. The molecule has 2 heterocycles. The summed E-state index contributed by atoms with van der Waals surface area (Å²) < 4.78 is 2.79. The van der Waals surface area contributed by atoms with Gasteiger partial charge in [-0.25, -0.2) is 0 Å². The maximum atomic E-state index is 4.09. The van der Waals surface area contributed by atoms with Gasteiger partial charge in [0.2, 0.25) is 0 Å². The van der Waals surface area contributed by atoms with E-state index < -0.39 is 0 Å². The molecule has 0 fully saturated rings. The molecule has 0 bridgehead atoms. The number of nitrogens with zero attached hydrogens (tertiary/aromatic N) is 1. The van der Waals surface area contributed by atoms with E-state index in [0.717, 1.165) is 0 Å². The average Bonchev–Trinajstić information content (AvgIpc) is 2.59. The van der Waals surface area contributed by atoms with Gasteiger partial charge in [0.05, 0.1) is 0 Å². The first-order valence-corrected chi connectivity index (χ1v) is 6.16. The zero-order chi connectivity index (χ0) is 8.23. The molecule has 2 aromatic rings. The van der Waals surface area contributed by atoms with E-state index >= 15 is 0 Å². The Balaban J connectivity index is 2.15. The average molecular weight is 240 g/mol. The molecule has 12 heavy (non-hydrogen) atoms. The monoisotopic (exact) mass is 241 g/mol. The number of hydrogen-bond donors (Lipinski definition) is 0. The molecule has 3 heteroatoms. The fourth-order valence-corrected chi connectivity index (χ4v) is 3.84. The summed E-state index contributed by atoms with van der Waals surface area (Å²) in [5.74, 6) is 0. The van der Waals surface area contributed by atoms with Crippen molar-refractivity contribution in [2.45, 2.75) is 0 Å². The van der Waals surface area contributed by atoms with Gasteiger partial charge in [-0.2, -0.15) is 0 Å². The molecule has 1 nitrogen and oxygen atoms in total. The summed E-state index contributed by atoms with van der Waals surface area (Å²) in [7, 11) is 0. The van der Waals surface area contributed by atoms with E-state index in [9.17, 15) is 0 Å². The molecule has 0 aliphatic carbocycles. The molecule has 0 aliphatic rings. The van der Waals surface area contributed by atoms with Gasteiger partial charge in [0.15, 0.2) is 0 Å². The number of hydrogen-bond acceptors (Lipinski definition) is 2. The molecule has 0 unspecified atom stereocenters. The van der Waals surface area contributed by atoms with Crippen molar-refractivity contribution in [3.8, 4) is 0 Å². The first kappa shape index (κ1) is 7.99. The van der Waals surface area contributed by atoms with Crippen LogP contribution in [0.5, 0.6) is 0 Å². The van der Waals surface area contributed by atoms with Crippen LogP contribution in [0.2, 0.25) is 0 Å². The fourth-order valence-electron chi connectivity index (χ4n) is 0.845. The maximum absolute atomic E-state index is 4.09. The van der Waals surface area contributed by atoms with Crippen LogP contribution in [-0.2, 0) is 0 Å². The molecule has 0 saturated heterocycles. The Morgan fingerprint density at radius 1 is 1.25 bits per heavy atom. The summed E-state index contributed by atoms with van der Waals surface area (Å²) >= 11 is 2.26. The molecule has 0 spiro atoms. The van der Waals surface area contributed by atoms with Crippen molar-refractivity contribution in [2.24, 2.45) is 0 Å². The molecule has 0 aromatic carbocycles. The molecule has 0 N–H and O–H groups in total. The van der Waals surface area contributed by atoms with E-state index in [4.69, 9.17) is 0 Å². The molecule has 0 amide bonds. The summed E-state index contributed by atoms with van der Waals surface area (Å²) in [4.78, 5) is 4.09. The second-order valence-corrected chi connectivity index (χ2v) is 6.09. The third-order valence-corrected chi connectivity index (χ3v) is 4.76. The first-order chi connectivity index (χ1) is 5.95. The summed E-state index contributed by atoms with van der Waals surface area (Å²) in [6, 6.07) is 8.40. The van der Waals surface area contributed by atoms with Gasteiger partial charge in [-0.3, -0.25) is 0 Å². The molecule has 0 atom stereocenters. The van der Waals surface area contributed by atoms with Crippen LogP contribution in [0.25, 0.3) is 0 Å². The van der Waals surface area contributed by atoms with Gasteiger partial charge in [0.1, 0.15) is 0 Å². The van der Waals surface area contributed by atoms with E-state index in [0.29, 0.717) is 15.0 Å². The van der Waals surface area contributed by atoms with Crippen molar-refractivity contribution in [3.05, 3.63) is 42.0 Å².